The molecule has 0 aliphatic carbocycles. The summed E-state index contributed by atoms with van der Waals surface area (Å²) in [5.74, 6) is 2.31. The first-order valence-corrected chi connectivity index (χ1v) is 7.41. The van der Waals surface area contributed by atoms with E-state index in [4.69, 9.17) is 4.74 Å². The van der Waals surface area contributed by atoms with E-state index < -0.39 is 0 Å². The van der Waals surface area contributed by atoms with Crippen molar-refractivity contribution in [3.8, 4) is 0 Å². The molecule has 2 atom stereocenters. The zero-order valence-corrected chi connectivity index (χ0v) is 11.4. The van der Waals surface area contributed by atoms with E-state index >= 15 is 0 Å². The summed E-state index contributed by atoms with van der Waals surface area (Å²) in [6.45, 7) is 3.00. The molecule has 2 nitrogen and oxygen atoms in total. The Bertz CT molecular complexity index is 356. The molecule has 0 radical (unpaired) electrons. The van der Waals surface area contributed by atoms with Crippen molar-refractivity contribution < 1.29 is 4.74 Å². The summed E-state index contributed by atoms with van der Waals surface area (Å²) in [5.41, 5.74) is 2.95. The second-order valence-corrected chi connectivity index (χ2v) is 5.52. The molecule has 0 fully saturated rings. The summed E-state index contributed by atoms with van der Waals surface area (Å²) in [6.07, 6.45) is 1.11. The Morgan fingerprint density at radius 3 is 3.06 bits per heavy atom. The van der Waals surface area contributed by atoms with Gasteiger partial charge in [0, 0.05) is 30.7 Å². The van der Waals surface area contributed by atoms with Gasteiger partial charge in [-0.15, -0.1) is 0 Å². The maximum absolute atomic E-state index is 5.26. The Balaban J connectivity index is 2.07. The molecule has 1 aliphatic rings. The normalized spacial score (nSPS) is 20.9. The molecule has 1 aromatic carbocycles. The number of nitrogens with one attached hydrogen (secondary N) is 1. The molecule has 94 valence electrons. The summed E-state index contributed by atoms with van der Waals surface area (Å²) in [4.78, 5) is 0. The quantitative estimate of drug-likeness (QED) is 0.869. The summed E-state index contributed by atoms with van der Waals surface area (Å²) in [7, 11) is 1.77. The minimum atomic E-state index is 0.455. The first-order valence-electron chi connectivity index (χ1n) is 6.25. The molecule has 1 heterocycles. The van der Waals surface area contributed by atoms with Gasteiger partial charge in [0.1, 0.15) is 0 Å². The molecule has 0 aromatic heterocycles. The predicted octanol–water partition coefficient (Wildman–Crippen LogP) is 2.99. The third-order valence-corrected chi connectivity index (χ3v) is 4.35. The van der Waals surface area contributed by atoms with Gasteiger partial charge in [0.05, 0.1) is 6.61 Å². The van der Waals surface area contributed by atoms with Crippen LogP contribution in [-0.2, 0) is 10.5 Å². The Morgan fingerprint density at radius 1 is 1.47 bits per heavy atom. The Kier molecular flexibility index (Phi) is 4.89. The molecule has 17 heavy (non-hydrogen) atoms. The van der Waals surface area contributed by atoms with Crippen molar-refractivity contribution in [2.75, 3.05) is 19.5 Å². The van der Waals surface area contributed by atoms with E-state index in [1.165, 1.54) is 11.1 Å². The van der Waals surface area contributed by atoms with Crippen LogP contribution in [-0.4, -0.2) is 25.5 Å². The van der Waals surface area contributed by atoms with Gasteiger partial charge in [-0.25, -0.2) is 0 Å². The monoisotopic (exact) mass is 251 g/mol. The van der Waals surface area contributed by atoms with Gasteiger partial charge in [-0.2, -0.15) is 11.8 Å². The van der Waals surface area contributed by atoms with E-state index in [1.54, 1.807) is 7.11 Å². The highest BCUT2D eigenvalue weighted by Crippen LogP contribution is 2.31. The van der Waals surface area contributed by atoms with Gasteiger partial charge < -0.3 is 10.1 Å². The van der Waals surface area contributed by atoms with E-state index in [2.05, 4.69) is 36.5 Å². The van der Waals surface area contributed by atoms with Crippen molar-refractivity contribution >= 4 is 11.8 Å². The fraction of sp³-hybridized carbons (Fsp3) is 0.571. The number of hydrogen-bond donors (Lipinski definition) is 1. The molecule has 3 heteroatoms. The number of benzene rings is 1. The average Bonchev–Trinajstić information content (AvgIpc) is 2.38. The average molecular weight is 251 g/mol. The fourth-order valence-electron chi connectivity index (χ4n) is 2.29. The molecular formula is C14H21NOS. The van der Waals surface area contributed by atoms with Gasteiger partial charge in [-0.05, 0) is 17.5 Å². The molecule has 0 saturated carbocycles. The molecule has 0 bridgehead atoms. The molecule has 1 aliphatic heterocycles. The van der Waals surface area contributed by atoms with Crippen LogP contribution < -0.4 is 5.32 Å². The molecule has 0 saturated heterocycles. The molecule has 2 rings (SSSR count). The number of ether oxygens (including phenoxy) is 1. The molecule has 2 unspecified atom stereocenters. The van der Waals surface area contributed by atoms with Crippen LogP contribution in [0.4, 0.5) is 0 Å². The van der Waals surface area contributed by atoms with Crippen LogP contribution in [0.3, 0.4) is 0 Å². The van der Waals surface area contributed by atoms with Crippen LogP contribution in [0.15, 0.2) is 24.3 Å². The SMILES string of the molecule is CCC(COC)NC1CSCc2ccccc21. The van der Waals surface area contributed by atoms with Crippen LogP contribution in [0, 0.1) is 0 Å². The zero-order valence-electron chi connectivity index (χ0n) is 10.6. The number of thioether (sulfide) groups is 1. The molecule has 0 amide bonds. The first-order chi connectivity index (χ1) is 8.35. The molecule has 1 aromatic rings. The first kappa shape index (κ1) is 12.9. The van der Waals surface area contributed by atoms with E-state index in [-0.39, 0.29) is 0 Å². The van der Waals surface area contributed by atoms with Crippen molar-refractivity contribution in [1.82, 2.24) is 5.32 Å². The van der Waals surface area contributed by atoms with Gasteiger partial charge in [-0.3, -0.25) is 0 Å². The van der Waals surface area contributed by atoms with Crippen LogP contribution in [0.2, 0.25) is 0 Å². The van der Waals surface area contributed by atoms with E-state index in [1.807, 2.05) is 11.8 Å². The van der Waals surface area contributed by atoms with Crippen molar-refractivity contribution in [3.63, 3.8) is 0 Å². The van der Waals surface area contributed by atoms with Gasteiger partial charge in [0.25, 0.3) is 0 Å². The van der Waals surface area contributed by atoms with E-state index in [9.17, 15) is 0 Å². The van der Waals surface area contributed by atoms with Crippen LogP contribution in [0.5, 0.6) is 0 Å². The maximum Gasteiger partial charge on any atom is 0.0615 e. The number of rotatable bonds is 5. The van der Waals surface area contributed by atoms with Gasteiger partial charge in [0.15, 0.2) is 0 Å². The zero-order chi connectivity index (χ0) is 12.1. The van der Waals surface area contributed by atoms with Gasteiger partial charge >= 0.3 is 0 Å². The second kappa shape index (κ2) is 6.43. The Hall–Kier alpha value is -0.510. The standard InChI is InChI=1S/C14H21NOS/c1-3-12(8-16-2)15-14-10-17-9-11-6-4-5-7-13(11)14/h4-7,12,14-15H,3,8-10H2,1-2H3. The largest absolute Gasteiger partial charge is 0.383 e. The summed E-state index contributed by atoms with van der Waals surface area (Å²) >= 11 is 2.01. The lowest BCUT2D eigenvalue weighted by Gasteiger charge is -2.29. The van der Waals surface area contributed by atoms with Crippen LogP contribution >= 0.6 is 11.8 Å². The van der Waals surface area contributed by atoms with Crippen molar-refractivity contribution in [1.29, 1.82) is 0 Å². The third-order valence-electron chi connectivity index (χ3n) is 3.27. The fourth-order valence-corrected chi connectivity index (χ4v) is 3.40. The van der Waals surface area contributed by atoms with E-state index in [0.717, 1.165) is 24.5 Å². The molecule has 0 spiro atoms. The highest BCUT2D eigenvalue weighted by Gasteiger charge is 2.21. The van der Waals surface area contributed by atoms with Crippen molar-refractivity contribution in [2.45, 2.75) is 31.2 Å². The van der Waals surface area contributed by atoms with Crippen LogP contribution in [0.1, 0.15) is 30.5 Å². The highest BCUT2D eigenvalue weighted by atomic mass is 32.2. The minimum Gasteiger partial charge on any atom is -0.383 e. The predicted molar refractivity (Wildman–Crippen MR) is 74.4 cm³/mol. The van der Waals surface area contributed by atoms with Gasteiger partial charge in [-0.1, -0.05) is 31.2 Å². The lowest BCUT2D eigenvalue weighted by atomic mass is 10.0. The Morgan fingerprint density at radius 2 is 2.29 bits per heavy atom. The lowest BCUT2D eigenvalue weighted by molar-refractivity contribution is 0.159. The lowest BCUT2D eigenvalue weighted by Crippen LogP contribution is -2.38. The van der Waals surface area contributed by atoms with Crippen molar-refractivity contribution in [3.05, 3.63) is 35.4 Å². The maximum atomic E-state index is 5.26. The smallest absolute Gasteiger partial charge is 0.0615 e. The summed E-state index contributed by atoms with van der Waals surface area (Å²) in [6, 6.07) is 9.70. The molecule has 1 N–H and O–H groups in total. The number of fused-ring (bicyclic) bond motifs is 1. The minimum absolute atomic E-state index is 0.455. The van der Waals surface area contributed by atoms with Crippen LogP contribution in [0.25, 0.3) is 0 Å². The number of hydrogen-bond acceptors (Lipinski definition) is 3. The molecular weight excluding hydrogens is 230 g/mol. The summed E-state index contributed by atoms with van der Waals surface area (Å²) in [5, 5.41) is 3.72. The second-order valence-electron chi connectivity index (χ2n) is 4.49. The van der Waals surface area contributed by atoms with Gasteiger partial charge in [0.2, 0.25) is 0 Å². The Labute approximate surface area is 108 Å². The number of methoxy groups -OCH3 is 1. The summed E-state index contributed by atoms with van der Waals surface area (Å²) < 4.78 is 5.26. The topological polar surface area (TPSA) is 21.3 Å². The van der Waals surface area contributed by atoms with E-state index in [0.29, 0.717) is 12.1 Å². The highest BCUT2D eigenvalue weighted by molar-refractivity contribution is 7.98. The van der Waals surface area contributed by atoms with Crippen molar-refractivity contribution in [2.24, 2.45) is 0 Å². The third kappa shape index (κ3) is 3.24.